The topological polar surface area (TPSA) is 100 Å². The van der Waals surface area contributed by atoms with E-state index in [-0.39, 0.29) is 17.7 Å². The molecule has 1 aliphatic carbocycles. The zero-order valence-electron chi connectivity index (χ0n) is 20.9. The molecule has 0 aromatic heterocycles. The van der Waals surface area contributed by atoms with Gasteiger partial charge in [0.05, 0.1) is 28.5 Å². The predicted octanol–water partition coefficient (Wildman–Crippen LogP) is 2.45. The summed E-state index contributed by atoms with van der Waals surface area (Å²) in [5.41, 5.74) is -2.89. The van der Waals surface area contributed by atoms with Gasteiger partial charge in [-0.25, -0.2) is 0 Å². The third kappa shape index (κ3) is 2.19. The number of carbonyl (C=O) groups is 2. The number of nitrogens with one attached hydrogen (secondary N) is 2. The smallest absolute Gasteiger partial charge is 0.244 e. The molecule has 0 radical (unpaired) electrons. The third-order valence-corrected chi connectivity index (χ3v) is 10.5. The van der Waals surface area contributed by atoms with Crippen LogP contribution in [0.25, 0.3) is 0 Å². The molecule has 35 heavy (non-hydrogen) atoms. The Morgan fingerprint density at radius 2 is 1.89 bits per heavy atom. The average molecular weight is 480 g/mol. The summed E-state index contributed by atoms with van der Waals surface area (Å²) in [5.74, 6) is 0.980. The van der Waals surface area contributed by atoms with Crippen molar-refractivity contribution in [2.45, 2.75) is 81.6 Å². The molecule has 7 aliphatic rings. The van der Waals surface area contributed by atoms with Crippen LogP contribution in [-0.2, 0) is 15.0 Å². The van der Waals surface area contributed by atoms with Crippen molar-refractivity contribution in [2.24, 2.45) is 11.3 Å². The molecule has 4 saturated heterocycles. The number of piperazine rings is 1. The van der Waals surface area contributed by atoms with Crippen LogP contribution in [0.2, 0.25) is 0 Å². The van der Waals surface area contributed by atoms with Crippen LogP contribution in [0.4, 0.5) is 5.69 Å². The number of carbonyl (C=O) groups excluding carboxylic acids is 2. The van der Waals surface area contributed by atoms with Crippen molar-refractivity contribution in [2.75, 3.05) is 18.4 Å². The summed E-state index contributed by atoms with van der Waals surface area (Å²) in [6.07, 6.45) is 5.11. The molecule has 1 aromatic rings. The Balaban J connectivity index is 1.40. The summed E-state index contributed by atoms with van der Waals surface area (Å²) in [6.45, 7) is 11.4. The molecular weight excluding hydrogens is 446 g/mol. The molecule has 6 heterocycles. The lowest BCUT2D eigenvalue weighted by Gasteiger charge is -2.62. The number of rotatable bonds is 0. The monoisotopic (exact) mass is 479 g/mol. The summed E-state index contributed by atoms with van der Waals surface area (Å²) < 4.78 is 12.2. The average Bonchev–Trinajstić information content (AvgIpc) is 3.21. The quantitative estimate of drug-likeness (QED) is 0.529. The van der Waals surface area contributed by atoms with Gasteiger partial charge in [-0.3, -0.25) is 14.5 Å². The van der Waals surface area contributed by atoms with Crippen molar-refractivity contribution in [1.82, 2.24) is 10.2 Å². The zero-order chi connectivity index (χ0) is 24.8. The maximum absolute atomic E-state index is 14.0. The van der Waals surface area contributed by atoms with E-state index in [1.54, 1.807) is 13.2 Å². The Labute approximate surface area is 205 Å². The van der Waals surface area contributed by atoms with E-state index >= 15 is 0 Å². The van der Waals surface area contributed by atoms with Gasteiger partial charge in [0.15, 0.2) is 11.5 Å². The molecule has 1 aromatic carbocycles. The van der Waals surface area contributed by atoms with E-state index in [2.05, 4.69) is 29.4 Å². The number of fused-ring (bicyclic) bond motifs is 5. The Morgan fingerprint density at radius 3 is 2.66 bits per heavy atom. The summed E-state index contributed by atoms with van der Waals surface area (Å²) in [5, 5.41) is 17.9. The molecule has 5 fully saturated rings. The summed E-state index contributed by atoms with van der Waals surface area (Å²) in [7, 11) is 0. The lowest BCUT2D eigenvalue weighted by molar-refractivity contribution is -0.178. The molecule has 3 spiro atoms. The molecule has 8 nitrogen and oxygen atoms in total. The summed E-state index contributed by atoms with van der Waals surface area (Å²) >= 11 is 0. The van der Waals surface area contributed by atoms with Crippen LogP contribution < -0.4 is 20.1 Å². The van der Waals surface area contributed by atoms with Gasteiger partial charge in [0.25, 0.3) is 0 Å². The molecule has 5 atom stereocenters. The van der Waals surface area contributed by atoms with E-state index in [0.717, 1.165) is 5.56 Å². The Hall–Kier alpha value is -2.58. The van der Waals surface area contributed by atoms with Crippen molar-refractivity contribution < 1.29 is 24.2 Å². The minimum absolute atomic E-state index is 0.0278. The lowest BCUT2D eigenvalue weighted by Crippen LogP contribution is -2.82. The molecule has 8 heteroatoms. The van der Waals surface area contributed by atoms with Gasteiger partial charge in [0.1, 0.15) is 11.1 Å². The number of hydrogen-bond acceptors (Lipinski definition) is 6. The highest BCUT2D eigenvalue weighted by Gasteiger charge is 2.80. The Kier molecular flexibility index (Phi) is 3.63. The van der Waals surface area contributed by atoms with Gasteiger partial charge in [-0.15, -0.1) is 0 Å². The van der Waals surface area contributed by atoms with Crippen LogP contribution in [-0.4, -0.2) is 57.2 Å². The van der Waals surface area contributed by atoms with Crippen molar-refractivity contribution in [3.63, 3.8) is 0 Å². The molecule has 8 rings (SSSR count). The third-order valence-electron chi connectivity index (χ3n) is 10.5. The fraction of sp³-hybridized carbons (Fsp3) is 0.630. The van der Waals surface area contributed by atoms with Crippen molar-refractivity contribution in [3.05, 3.63) is 30.0 Å². The highest BCUT2D eigenvalue weighted by molar-refractivity contribution is 6.09. The number of anilines is 1. The van der Waals surface area contributed by atoms with Gasteiger partial charge in [-0.05, 0) is 69.1 Å². The lowest BCUT2D eigenvalue weighted by atomic mass is 9.56. The van der Waals surface area contributed by atoms with Crippen LogP contribution in [0, 0.1) is 11.3 Å². The largest absolute Gasteiger partial charge is 0.480 e. The molecule has 1 saturated carbocycles. The SMILES string of the molecule is CC1(C)C=COc2c(ccc3c2NC(=O)[C@@]32C[C@@]34CN5CC[C@@](C)(O)[C@]5(C[C@H]3C2(C)C)C(=O)N4)O1. The highest BCUT2D eigenvalue weighted by atomic mass is 16.5. The second-order valence-electron chi connectivity index (χ2n) is 12.9. The van der Waals surface area contributed by atoms with Crippen molar-refractivity contribution >= 4 is 17.5 Å². The van der Waals surface area contributed by atoms with E-state index in [1.807, 2.05) is 32.1 Å². The summed E-state index contributed by atoms with van der Waals surface area (Å²) in [4.78, 5) is 29.8. The van der Waals surface area contributed by atoms with E-state index < -0.39 is 33.1 Å². The molecule has 186 valence electrons. The first-order chi connectivity index (χ1) is 16.3. The van der Waals surface area contributed by atoms with E-state index in [9.17, 15) is 14.7 Å². The van der Waals surface area contributed by atoms with Gasteiger partial charge in [0, 0.05) is 13.1 Å². The number of ether oxygens (including phenoxy) is 2. The molecular formula is C27H33N3O5. The second kappa shape index (κ2) is 5.86. The van der Waals surface area contributed by atoms with Crippen molar-refractivity contribution in [1.29, 1.82) is 0 Å². The Bertz CT molecular complexity index is 1250. The standard InChI is InChI=1S/C27H33N3O5/c1-22(2)9-11-34-19-16(35-22)7-6-15-18(19)28-20(31)26(15)13-25-14-30-10-8-24(5,33)27(30,21(32)29-25)12-17(25)23(26,3)4/h6-7,9,11,17,33H,8,10,12-14H2,1-5H3,(H,28,31)(H,29,32)/t17-,24+,25+,26+,27-/m0/s1. The van der Waals surface area contributed by atoms with E-state index in [0.29, 0.717) is 49.5 Å². The maximum Gasteiger partial charge on any atom is 0.244 e. The zero-order valence-corrected chi connectivity index (χ0v) is 20.9. The van der Waals surface area contributed by atoms with Gasteiger partial charge in [0.2, 0.25) is 11.8 Å². The van der Waals surface area contributed by atoms with E-state index in [4.69, 9.17) is 9.47 Å². The minimum Gasteiger partial charge on any atom is -0.480 e. The number of aliphatic hydroxyl groups is 1. The first-order valence-corrected chi connectivity index (χ1v) is 12.6. The van der Waals surface area contributed by atoms with E-state index in [1.165, 1.54) is 0 Å². The fourth-order valence-corrected chi connectivity index (χ4v) is 8.68. The number of amides is 2. The van der Waals surface area contributed by atoms with Gasteiger partial charge < -0.3 is 25.2 Å². The van der Waals surface area contributed by atoms with Crippen LogP contribution in [0.5, 0.6) is 11.5 Å². The number of hydrogen-bond donors (Lipinski definition) is 3. The molecule has 0 unspecified atom stereocenters. The molecule has 3 N–H and O–H groups in total. The maximum atomic E-state index is 14.0. The predicted molar refractivity (Wildman–Crippen MR) is 128 cm³/mol. The van der Waals surface area contributed by atoms with Crippen LogP contribution in [0.1, 0.15) is 59.4 Å². The van der Waals surface area contributed by atoms with Gasteiger partial charge in [-0.2, -0.15) is 0 Å². The van der Waals surface area contributed by atoms with Gasteiger partial charge in [-0.1, -0.05) is 19.9 Å². The molecule has 2 amide bonds. The van der Waals surface area contributed by atoms with Crippen LogP contribution in [0.3, 0.4) is 0 Å². The summed E-state index contributed by atoms with van der Waals surface area (Å²) in [6, 6.07) is 3.90. The highest BCUT2D eigenvalue weighted by Crippen LogP contribution is 2.71. The van der Waals surface area contributed by atoms with Gasteiger partial charge >= 0.3 is 0 Å². The van der Waals surface area contributed by atoms with Crippen LogP contribution in [0.15, 0.2) is 24.5 Å². The fourth-order valence-electron chi connectivity index (χ4n) is 8.68. The molecule has 6 aliphatic heterocycles. The first kappa shape index (κ1) is 21.7. The second-order valence-corrected chi connectivity index (χ2v) is 12.9. The normalized spacial score (nSPS) is 43.4. The van der Waals surface area contributed by atoms with Crippen molar-refractivity contribution in [3.8, 4) is 11.5 Å². The first-order valence-electron chi connectivity index (χ1n) is 12.6. The number of piperidine rings is 2. The number of benzene rings is 1. The minimum atomic E-state index is -1.10. The molecule has 2 bridgehead atoms. The Morgan fingerprint density at radius 1 is 1.11 bits per heavy atom. The number of nitrogens with zero attached hydrogens (tertiary/aromatic N) is 1. The van der Waals surface area contributed by atoms with Crippen LogP contribution >= 0.6 is 0 Å².